The minimum atomic E-state index is -0.211. The zero-order valence-corrected chi connectivity index (χ0v) is 17.8. The normalized spacial score (nSPS) is 10.5. The Bertz CT molecular complexity index is 823. The van der Waals surface area contributed by atoms with E-state index in [0.717, 1.165) is 12.2 Å². The van der Waals surface area contributed by atoms with Gasteiger partial charge in [0, 0.05) is 17.8 Å². The molecule has 0 bridgehead atoms. The van der Waals surface area contributed by atoms with Crippen molar-refractivity contribution in [1.29, 1.82) is 0 Å². The number of amides is 2. The summed E-state index contributed by atoms with van der Waals surface area (Å²) in [4.78, 5) is 24.0. The maximum Gasteiger partial charge on any atom is 0.243 e. The fourth-order valence-electron chi connectivity index (χ4n) is 2.47. The summed E-state index contributed by atoms with van der Waals surface area (Å²) in [5.74, 6) is 0.950. The molecule has 2 aromatic rings. The number of benzene rings is 2. The van der Waals surface area contributed by atoms with Crippen LogP contribution in [0, 0.1) is 5.92 Å². The summed E-state index contributed by atoms with van der Waals surface area (Å²) >= 11 is 6.19. The molecule has 2 rings (SSSR count). The molecule has 0 saturated carbocycles. The first-order valence-corrected chi connectivity index (χ1v) is 10.1. The maximum atomic E-state index is 12.2. The molecule has 0 saturated heterocycles. The summed E-state index contributed by atoms with van der Waals surface area (Å²) in [5, 5.41) is 9.10. The van der Waals surface area contributed by atoms with E-state index in [9.17, 15) is 9.59 Å². The van der Waals surface area contributed by atoms with E-state index in [1.54, 1.807) is 30.3 Å². The van der Waals surface area contributed by atoms with Crippen LogP contribution in [0.1, 0.15) is 33.6 Å². The number of carbonyl (C=O) groups excluding carboxylic acids is 2. The predicted octanol–water partition coefficient (Wildman–Crippen LogP) is 5.16. The van der Waals surface area contributed by atoms with Crippen LogP contribution in [-0.2, 0) is 9.59 Å². The summed E-state index contributed by atoms with van der Waals surface area (Å²) < 4.78 is 5.63. The summed E-state index contributed by atoms with van der Waals surface area (Å²) in [5.41, 5.74) is 1.89. The van der Waals surface area contributed by atoms with E-state index < -0.39 is 0 Å². The van der Waals surface area contributed by atoms with Crippen molar-refractivity contribution < 1.29 is 14.3 Å². The number of hydrogen-bond donors (Lipinski definition) is 3. The minimum absolute atomic E-state index is 0.0394. The SMILES string of the molecule is CCCC(=O)Nc1ccc(Cl)c(NCC(=O)Nc2ccc(OCC(C)C)cc2)c1. The molecule has 0 unspecified atom stereocenters. The molecule has 0 aliphatic carbocycles. The van der Waals surface area contributed by atoms with Crippen molar-refractivity contribution in [3.8, 4) is 5.75 Å². The second-order valence-electron chi connectivity index (χ2n) is 7.12. The van der Waals surface area contributed by atoms with Crippen molar-refractivity contribution in [2.45, 2.75) is 33.6 Å². The van der Waals surface area contributed by atoms with E-state index in [4.69, 9.17) is 16.3 Å². The van der Waals surface area contributed by atoms with Gasteiger partial charge in [-0.1, -0.05) is 32.4 Å². The molecule has 0 heterocycles. The molecule has 0 aliphatic rings. The van der Waals surface area contributed by atoms with Gasteiger partial charge in [-0.3, -0.25) is 9.59 Å². The molecule has 7 heteroatoms. The Balaban J connectivity index is 1.87. The number of hydrogen-bond acceptors (Lipinski definition) is 4. The number of ether oxygens (including phenoxy) is 1. The van der Waals surface area contributed by atoms with E-state index in [-0.39, 0.29) is 18.4 Å². The second-order valence-corrected chi connectivity index (χ2v) is 7.53. The molecule has 0 atom stereocenters. The Morgan fingerprint density at radius 1 is 1.00 bits per heavy atom. The number of halogens is 1. The van der Waals surface area contributed by atoms with E-state index >= 15 is 0 Å². The lowest BCUT2D eigenvalue weighted by Crippen LogP contribution is -2.22. The van der Waals surface area contributed by atoms with Crippen LogP contribution in [0.3, 0.4) is 0 Å². The molecule has 3 N–H and O–H groups in total. The third kappa shape index (κ3) is 8.03. The van der Waals surface area contributed by atoms with E-state index in [1.807, 2.05) is 19.1 Å². The standard InChI is InChI=1S/C22H28ClN3O3/c1-4-5-21(27)26-17-8-11-19(23)20(12-17)24-13-22(28)25-16-6-9-18(10-7-16)29-14-15(2)3/h6-12,15,24H,4-5,13-14H2,1-3H3,(H,25,28)(H,26,27). The lowest BCUT2D eigenvalue weighted by Gasteiger charge is -2.12. The molecule has 0 radical (unpaired) electrons. The maximum absolute atomic E-state index is 12.2. The summed E-state index contributed by atoms with van der Waals surface area (Å²) in [7, 11) is 0. The quantitative estimate of drug-likeness (QED) is 0.498. The Hall–Kier alpha value is -2.73. The average Bonchev–Trinajstić information content (AvgIpc) is 2.68. The molecule has 6 nitrogen and oxygen atoms in total. The van der Waals surface area contributed by atoms with Crippen LogP contribution in [-0.4, -0.2) is 25.0 Å². The molecule has 0 aromatic heterocycles. The van der Waals surface area contributed by atoms with Crippen molar-refractivity contribution in [3.63, 3.8) is 0 Å². The molecule has 29 heavy (non-hydrogen) atoms. The molecular formula is C22H28ClN3O3. The number of carbonyl (C=O) groups is 2. The molecule has 0 spiro atoms. The smallest absolute Gasteiger partial charge is 0.243 e. The zero-order valence-electron chi connectivity index (χ0n) is 17.0. The average molecular weight is 418 g/mol. The number of nitrogens with one attached hydrogen (secondary N) is 3. The van der Waals surface area contributed by atoms with Crippen LogP contribution in [0.5, 0.6) is 5.75 Å². The monoisotopic (exact) mass is 417 g/mol. The highest BCUT2D eigenvalue weighted by atomic mass is 35.5. The van der Waals surface area contributed by atoms with Crippen molar-refractivity contribution in [2.24, 2.45) is 5.92 Å². The van der Waals surface area contributed by atoms with Crippen LogP contribution < -0.4 is 20.7 Å². The lowest BCUT2D eigenvalue weighted by atomic mass is 10.2. The third-order valence-electron chi connectivity index (χ3n) is 3.89. The van der Waals surface area contributed by atoms with Gasteiger partial charge >= 0.3 is 0 Å². The lowest BCUT2D eigenvalue weighted by molar-refractivity contribution is -0.116. The van der Waals surface area contributed by atoms with Gasteiger partial charge in [0.2, 0.25) is 11.8 Å². The fraction of sp³-hybridized carbons (Fsp3) is 0.364. The third-order valence-corrected chi connectivity index (χ3v) is 4.22. The summed E-state index contributed by atoms with van der Waals surface area (Å²) in [6.07, 6.45) is 1.23. The first-order valence-electron chi connectivity index (χ1n) is 9.73. The van der Waals surface area contributed by atoms with Gasteiger partial charge in [-0.25, -0.2) is 0 Å². The van der Waals surface area contributed by atoms with Crippen molar-refractivity contribution in [1.82, 2.24) is 0 Å². The predicted molar refractivity (Wildman–Crippen MR) is 119 cm³/mol. The van der Waals surface area contributed by atoms with Gasteiger partial charge in [-0.05, 0) is 54.8 Å². The molecule has 2 amide bonds. The highest BCUT2D eigenvalue weighted by molar-refractivity contribution is 6.33. The van der Waals surface area contributed by atoms with E-state index in [0.29, 0.717) is 41.0 Å². The van der Waals surface area contributed by atoms with Gasteiger partial charge in [0.05, 0.1) is 23.9 Å². The Labute approximate surface area is 177 Å². The van der Waals surface area contributed by atoms with Crippen LogP contribution in [0.2, 0.25) is 5.02 Å². The van der Waals surface area contributed by atoms with Gasteiger partial charge in [0.25, 0.3) is 0 Å². The largest absolute Gasteiger partial charge is 0.493 e. The van der Waals surface area contributed by atoms with Gasteiger partial charge in [0.1, 0.15) is 5.75 Å². The van der Waals surface area contributed by atoms with Crippen LogP contribution >= 0.6 is 11.6 Å². The number of anilines is 3. The van der Waals surface area contributed by atoms with Crippen LogP contribution in [0.4, 0.5) is 17.1 Å². The first kappa shape index (κ1) is 22.6. The van der Waals surface area contributed by atoms with Crippen molar-refractivity contribution in [2.75, 3.05) is 29.1 Å². The van der Waals surface area contributed by atoms with Gasteiger partial charge < -0.3 is 20.7 Å². The van der Waals surface area contributed by atoms with Crippen molar-refractivity contribution in [3.05, 3.63) is 47.5 Å². The molecule has 0 aliphatic heterocycles. The van der Waals surface area contributed by atoms with E-state index in [1.165, 1.54) is 0 Å². The van der Waals surface area contributed by atoms with Gasteiger partial charge in [0.15, 0.2) is 0 Å². The second kappa shape index (κ2) is 11.3. The van der Waals surface area contributed by atoms with Gasteiger partial charge in [-0.15, -0.1) is 0 Å². The highest BCUT2D eigenvalue weighted by Gasteiger charge is 2.08. The molecule has 156 valence electrons. The summed E-state index contributed by atoms with van der Waals surface area (Å²) in [6.45, 7) is 6.80. The van der Waals surface area contributed by atoms with Crippen LogP contribution in [0.25, 0.3) is 0 Å². The van der Waals surface area contributed by atoms with E-state index in [2.05, 4.69) is 29.8 Å². The Morgan fingerprint density at radius 3 is 2.31 bits per heavy atom. The Kier molecular flexibility index (Phi) is 8.80. The molecular weight excluding hydrogens is 390 g/mol. The molecule has 2 aromatic carbocycles. The molecule has 0 fully saturated rings. The zero-order chi connectivity index (χ0) is 21.2. The number of rotatable bonds is 10. The fourth-order valence-corrected chi connectivity index (χ4v) is 2.65. The van der Waals surface area contributed by atoms with Crippen LogP contribution in [0.15, 0.2) is 42.5 Å². The van der Waals surface area contributed by atoms with Gasteiger partial charge in [-0.2, -0.15) is 0 Å². The summed E-state index contributed by atoms with van der Waals surface area (Å²) in [6, 6.07) is 12.4. The minimum Gasteiger partial charge on any atom is -0.493 e. The van der Waals surface area contributed by atoms with Crippen molar-refractivity contribution >= 4 is 40.5 Å². The topological polar surface area (TPSA) is 79.5 Å². The first-order chi connectivity index (χ1) is 13.9. The Morgan fingerprint density at radius 2 is 1.66 bits per heavy atom. The highest BCUT2D eigenvalue weighted by Crippen LogP contribution is 2.25.